The Bertz CT molecular complexity index is 224. The molecule has 0 heterocycles. The van der Waals surface area contributed by atoms with E-state index >= 15 is 0 Å². The Morgan fingerprint density at radius 1 is 1.07 bits per heavy atom. The number of hydrogen-bond donors (Lipinski definition) is 1. The lowest BCUT2D eigenvalue weighted by molar-refractivity contribution is -0.162. The van der Waals surface area contributed by atoms with Crippen LogP contribution in [-0.4, -0.2) is 16.6 Å². The smallest absolute Gasteiger partial charge is 0.248 e. The third-order valence-corrected chi connectivity index (χ3v) is 4.45. The maximum atomic E-state index is 13.0. The van der Waals surface area contributed by atoms with Crippen LogP contribution in [-0.2, 0) is 0 Å². The van der Waals surface area contributed by atoms with E-state index in [-0.39, 0.29) is 37.0 Å². The van der Waals surface area contributed by atoms with Crippen LogP contribution in [0.25, 0.3) is 0 Å². The molecule has 0 aromatic rings. The molecule has 1 aliphatic carbocycles. The summed E-state index contributed by atoms with van der Waals surface area (Å²) in [5.74, 6) is -2.28. The molecule has 1 nitrogen and oxygen atoms in total. The van der Waals surface area contributed by atoms with Crippen LogP contribution in [0.5, 0.6) is 0 Å². The van der Waals surface area contributed by atoms with E-state index in [1.807, 2.05) is 27.7 Å². The molecule has 15 heavy (non-hydrogen) atoms. The molecule has 0 radical (unpaired) electrons. The van der Waals surface area contributed by atoms with E-state index < -0.39 is 11.5 Å². The molecule has 0 spiro atoms. The zero-order valence-corrected chi connectivity index (χ0v) is 10.1. The predicted octanol–water partition coefficient (Wildman–Crippen LogP) is 3.61. The first-order valence-corrected chi connectivity index (χ1v) is 5.71. The molecule has 1 fully saturated rings. The maximum absolute atomic E-state index is 13.0. The van der Waals surface area contributed by atoms with Crippen molar-refractivity contribution in [2.45, 2.75) is 64.9 Å². The SMILES string of the molecule is CC(C)C(C)(C)C1(O)CCC(F)(F)CC1. The van der Waals surface area contributed by atoms with Crippen LogP contribution in [0.15, 0.2) is 0 Å². The molecule has 1 rings (SSSR count). The molecule has 0 aliphatic heterocycles. The van der Waals surface area contributed by atoms with Crippen molar-refractivity contribution >= 4 is 0 Å². The van der Waals surface area contributed by atoms with Gasteiger partial charge >= 0.3 is 0 Å². The zero-order chi connectivity index (χ0) is 11.9. The van der Waals surface area contributed by atoms with E-state index in [4.69, 9.17) is 0 Å². The number of alkyl halides is 2. The van der Waals surface area contributed by atoms with E-state index in [2.05, 4.69) is 0 Å². The van der Waals surface area contributed by atoms with Crippen molar-refractivity contribution in [2.75, 3.05) is 0 Å². The van der Waals surface area contributed by atoms with Crippen molar-refractivity contribution in [2.24, 2.45) is 11.3 Å². The average Bonchev–Trinajstić information content (AvgIpc) is 2.10. The van der Waals surface area contributed by atoms with E-state index in [0.717, 1.165) is 0 Å². The molecule has 0 amide bonds. The molecular weight excluding hydrogens is 198 g/mol. The number of hydrogen-bond acceptors (Lipinski definition) is 1. The van der Waals surface area contributed by atoms with Crippen LogP contribution in [0.4, 0.5) is 8.78 Å². The van der Waals surface area contributed by atoms with E-state index in [1.165, 1.54) is 0 Å². The Morgan fingerprint density at radius 3 is 1.80 bits per heavy atom. The first kappa shape index (κ1) is 12.9. The summed E-state index contributed by atoms with van der Waals surface area (Å²) in [6.45, 7) is 8.01. The van der Waals surface area contributed by atoms with Gasteiger partial charge in [-0.2, -0.15) is 0 Å². The van der Waals surface area contributed by atoms with Crippen LogP contribution < -0.4 is 0 Å². The van der Waals surface area contributed by atoms with Crippen molar-refractivity contribution in [3.8, 4) is 0 Å². The van der Waals surface area contributed by atoms with Gasteiger partial charge in [-0.1, -0.05) is 27.7 Å². The number of halogens is 2. The van der Waals surface area contributed by atoms with Gasteiger partial charge in [-0.15, -0.1) is 0 Å². The molecule has 3 heteroatoms. The molecule has 0 atom stereocenters. The van der Waals surface area contributed by atoms with Gasteiger partial charge in [0.2, 0.25) is 5.92 Å². The Kier molecular flexibility index (Phi) is 3.17. The molecule has 0 aromatic carbocycles. The molecule has 90 valence electrons. The minimum atomic E-state index is -2.57. The third kappa shape index (κ3) is 2.32. The van der Waals surface area contributed by atoms with Gasteiger partial charge in [0.1, 0.15) is 0 Å². The molecule has 1 saturated carbocycles. The fourth-order valence-electron chi connectivity index (χ4n) is 2.21. The van der Waals surface area contributed by atoms with Crippen LogP contribution >= 0.6 is 0 Å². The van der Waals surface area contributed by atoms with Crippen molar-refractivity contribution < 1.29 is 13.9 Å². The summed E-state index contributed by atoms with van der Waals surface area (Å²) >= 11 is 0. The van der Waals surface area contributed by atoms with Crippen LogP contribution in [0, 0.1) is 11.3 Å². The van der Waals surface area contributed by atoms with Gasteiger partial charge < -0.3 is 5.11 Å². The van der Waals surface area contributed by atoms with Gasteiger partial charge in [-0.05, 0) is 24.2 Å². The molecule has 0 bridgehead atoms. The summed E-state index contributed by atoms with van der Waals surface area (Å²) in [6.07, 6.45) is 0.0651. The van der Waals surface area contributed by atoms with Crippen molar-refractivity contribution in [1.82, 2.24) is 0 Å². The first-order chi connectivity index (χ1) is 6.61. The minimum absolute atomic E-state index is 0.181. The molecule has 0 aromatic heterocycles. The second-order valence-corrected chi connectivity index (χ2v) is 5.76. The average molecular weight is 220 g/mol. The minimum Gasteiger partial charge on any atom is -0.389 e. The van der Waals surface area contributed by atoms with Gasteiger partial charge in [0, 0.05) is 12.8 Å². The highest BCUT2D eigenvalue weighted by Gasteiger charge is 2.51. The lowest BCUT2D eigenvalue weighted by atomic mass is 9.61. The van der Waals surface area contributed by atoms with E-state index in [9.17, 15) is 13.9 Å². The summed E-state index contributed by atoms with van der Waals surface area (Å²) < 4.78 is 26.1. The molecule has 1 aliphatic rings. The van der Waals surface area contributed by atoms with Crippen molar-refractivity contribution in [1.29, 1.82) is 0 Å². The Hall–Kier alpha value is -0.180. The first-order valence-electron chi connectivity index (χ1n) is 5.71. The van der Waals surface area contributed by atoms with Crippen molar-refractivity contribution in [3.05, 3.63) is 0 Å². The van der Waals surface area contributed by atoms with Crippen LogP contribution in [0.1, 0.15) is 53.4 Å². The van der Waals surface area contributed by atoms with Crippen molar-refractivity contribution in [3.63, 3.8) is 0 Å². The molecular formula is C12H22F2O. The number of aliphatic hydroxyl groups is 1. The van der Waals surface area contributed by atoms with E-state index in [1.54, 1.807) is 0 Å². The standard InChI is InChI=1S/C12H22F2O/c1-9(2)10(3,4)11(15)5-7-12(13,14)8-6-11/h9,15H,5-8H2,1-4H3. The topological polar surface area (TPSA) is 20.2 Å². The highest BCUT2D eigenvalue weighted by molar-refractivity contribution is 4.99. The lowest BCUT2D eigenvalue weighted by Gasteiger charge is -2.49. The number of rotatable bonds is 2. The summed E-state index contributed by atoms with van der Waals surface area (Å²) in [7, 11) is 0. The van der Waals surface area contributed by atoms with Crippen LogP contribution in [0.2, 0.25) is 0 Å². The highest BCUT2D eigenvalue weighted by Crippen LogP contribution is 2.49. The Balaban J connectivity index is 2.78. The normalized spacial score (nSPS) is 25.6. The van der Waals surface area contributed by atoms with Gasteiger partial charge in [-0.25, -0.2) is 8.78 Å². The fourth-order valence-corrected chi connectivity index (χ4v) is 2.21. The third-order valence-electron chi connectivity index (χ3n) is 4.45. The van der Waals surface area contributed by atoms with Gasteiger partial charge in [0.25, 0.3) is 0 Å². The van der Waals surface area contributed by atoms with Gasteiger partial charge in [0.15, 0.2) is 0 Å². The second kappa shape index (κ2) is 3.69. The Morgan fingerprint density at radius 2 is 1.47 bits per heavy atom. The fraction of sp³-hybridized carbons (Fsp3) is 1.00. The predicted molar refractivity (Wildman–Crippen MR) is 57.0 cm³/mol. The highest BCUT2D eigenvalue weighted by atomic mass is 19.3. The summed E-state index contributed by atoms with van der Waals surface area (Å²) in [5.41, 5.74) is -1.23. The lowest BCUT2D eigenvalue weighted by Crippen LogP contribution is -2.51. The van der Waals surface area contributed by atoms with Crippen LogP contribution in [0.3, 0.4) is 0 Å². The summed E-state index contributed by atoms with van der Waals surface area (Å²) in [4.78, 5) is 0. The van der Waals surface area contributed by atoms with E-state index in [0.29, 0.717) is 0 Å². The summed E-state index contributed by atoms with van der Waals surface area (Å²) in [6, 6.07) is 0. The molecule has 1 N–H and O–H groups in total. The largest absolute Gasteiger partial charge is 0.389 e. The quantitative estimate of drug-likeness (QED) is 0.753. The molecule has 0 saturated heterocycles. The summed E-state index contributed by atoms with van der Waals surface area (Å²) in [5, 5.41) is 10.5. The molecule has 0 unspecified atom stereocenters. The van der Waals surface area contributed by atoms with Gasteiger partial charge in [-0.3, -0.25) is 0 Å². The maximum Gasteiger partial charge on any atom is 0.248 e. The monoisotopic (exact) mass is 220 g/mol. The Labute approximate surface area is 90.9 Å². The second-order valence-electron chi connectivity index (χ2n) is 5.76. The van der Waals surface area contributed by atoms with Gasteiger partial charge in [0.05, 0.1) is 5.60 Å². The zero-order valence-electron chi connectivity index (χ0n) is 10.1.